The van der Waals surface area contributed by atoms with Crippen molar-refractivity contribution in [3.8, 4) is 12.3 Å². The van der Waals surface area contributed by atoms with Gasteiger partial charge in [0.15, 0.2) is 5.82 Å². The van der Waals surface area contributed by atoms with Crippen LogP contribution in [0.4, 0.5) is 17.5 Å². The molecule has 1 atom stereocenters. The maximum atomic E-state index is 6.10. The van der Waals surface area contributed by atoms with Crippen LogP contribution in [0, 0.1) is 12.3 Å². The largest absolute Gasteiger partial charge is 0.383 e. The lowest BCUT2D eigenvalue weighted by Crippen LogP contribution is -2.06. The number of pyridine rings is 2. The van der Waals surface area contributed by atoms with Crippen molar-refractivity contribution in [2.45, 2.75) is 32.4 Å². The summed E-state index contributed by atoms with van der Waals surface area (Å²) in [4.78, 5) is 13.3. The second kappa shape index (κ2) is 6.63. The predicted molar refractivity (Wildman–Crippen MR) is 112 cm³/mol. The summed E-state index contributed by atoms with van der Waals surface area (Å²) in [5, 5.41) is 9.73. The first-order valence-corrected chi connectivity index (χ1v) is 9.47. The van der Waals surface area contributed by atoms with Crippen LogP contribution in [-0.2, 0) is 19.5 Å². The molecule has 0 fully saturated rings. The van der Waals surface area contributed by atoms with E-state index in [1.165, 1.54) is 0 Å². The van der Waals surface area contributed by atoms with Crippen molar-refractivity contribution < 1.29 is 0 Å². The van der Waals surface area contributed by atoms with Gasteiger partial charge in [-0.1, -0.05) is 5.92 Å². The Bertz CT molecular complexity index is 1260. The molecule has 144 valence electrons. The van der Waals surface area contributed by atoms with Crippen LogP contribution in [0.15, 0.2) is 36.8 Å². The van der Waals surface area contributed by atoms with Crippen LogP contribution < -0.4 is 11.1 Å². The first kappa shape index (κ1) is 17.3. The third-order valence-electron chi connectivity index (χ3n) is 5.28. The Balaban J connectivity index is 1.45. The Morgan fingerprint density at radius 2 is 2.14 bits per heavy atom. The average Bonchev–Trinajstić information content (AvgIpc) is 3.28. The summed E-state index contributed by atoms with van der Waals surface area (Å²) in [6, 6.07) is 5.97. The van der Waals surface area contributed by atoms with E-state index in [1.807, 2.05) is 36.1 Å². The molecule has 4 aromatic heterocycles. The molecule has 0 spiro atoms. The van der Waals surface area contributed by atoms with Crippen LogP contribution in [0.25, 0.3) is 10.8 Å². The predicted octanol–water partition coefficient (Wildman–Crippen LogP) is 2.69. The number of imidazole rings is 1. The van der Waals surface area contributed by atoms with Crippen molar-refractivity contribution in [3.63, 3.8) is 0 Å². The number of nitrogens with one attached hydrogen (secondary N) is 1. The molecule has 8 heteroatoms. The zero-order valence-corrected chi connectivity index (χ0v) is 16.0. The molecule has 0 saturated heterocycles. The van der Waals surface area contributed by atoms with Crippen molar-refractivity contribution in [2.75, 3.05) is 11.1 Å². The standard InChI is InChI=1S/C21H20N8/c1-3-13(2)17-8-14-9-18(24-11-16(14)21(22)25-17)26-19-10-15-4-6-28-7-5-23-20(28)12-29(15)27-19/h1,5,7-11,13H,4,6,12H2,2H3,(H2,22,25)(H,24,26,27)/t13-/m0/s1. The summed E-state index contributed by atoms with van der Waals surface area (Å²) in [6.07, 6.45) is 12.0. The quantitative estimate of drug-likeness (QED) is 0.527. The topological polar surface area (TPSA) is 99.5 Å². The van der Waals surface area contributed by atoms with Gasteiger partial charge in [0, 0.05) is 48.7 Å². The molecule has 4 aromatic rings. The smallest absolute Gasteiger partial charge is 0.153 e. The summed E-state index contributed by atoms with van der Waals surface area (Å²) >= 11 is 0. The van der Waals surface area contributed by atoms with Crippen LogP contribution in [-0.4, -0.2) is 29.3 Å². The molecule has 3 N–H and O–H groups in total. The van der Waals surface area contributed by atoms with Gasteiger partial charge >= 0.3 is 0 Å². The van der Waals surface area contributed by atoms with Gasteiger partial charge in [-0.15, -0.1) is 6.42 Å². The van der Waals surface area contributed by atoms with Gasteiger partial charge in [0.2, 0.25) is 0 Å². The highest BCUT2D eigenvalue weighted by Crippen LogP contribution is 2.26. The van der Waals surface area contributed by atoms with E-state index in [-0.39, 0.29) is 5.92 Å². The summed E-state index contributed by atoms with van der Waals surface area (Å²) < 4.78 is 4.16. The molecule has 0 unspecified atom stereocenters. The minimum atomic E-state index is -0.109. The average molecular weight is 384 g/mol. The lowest BCUT2D eigenvalue weighted by atomic mass is 10.1. The number of nitrogens with two attached hydrogens (primary N) is 1. The van der Waals surface area contributed by atoms with Gasteiger partial charge in [-0.25, -0.2) is 15.0 Å². The molecule has 0 aliphatic carbocycles. The molecule has 0 aromatic carbocycles. The fourth-order valence-electron chi connectivity index (χ4n) is 3.62. The van der Waals surface area contributed by atoms with Gasteiger partial charge in [-0.05, 0) is 24.4 Å². The molecular formula is C21H20N8. The number of hydrogen-bond acceptors (Lipinski definition) is 6. The minimum Gasteiger partial charge on any atom is -0.383 e. The van der Waals surface area contributed by atoms with Crippen molar-refractivity contribution >= 4 is 28.2 Å². The number of fused-ring (bicyclic) bond motifs is 3. The van der Waals surface area contributed by atoms with Crippen LogP contribution in [0.3, 0.4) is 0 Å². The first-order valence-electron chi connectivity index (χ1n) is 9.47. The maximum absolute atomic E-state index is 6.10. The van der Waals surface area contributed by atoms with Crippen LogP contribution in [0.2, 0.25) is 0 Å². The van der Waals surface area contributed by atoms with Gasteiger partial charge in [0.25, 0.3) is 0 Å². The third kappa shape index (κ3) is 3.06. The lowest BCUT2D eigenvalue weighted by molar-refractivity contribution is 0.641. The maximum Gasteiger partial charge on any atom is 0.153 e. The zero-order valence-electron chi connectivity index (χ0n) is 16.0. The van der Waals surface area contributed by atoms with E-state index >= 15 is 0 Å². The SMILES string of the molecule is C#C[C@H](C)c1cc2cc(Nc3cc4n(n3)Cc3nccn3CC4)ncc2c(N)n1. The third-order valence-corrected chi connectivity index (χ3v) is 5.28. The highest BCUT2D eigenvalue weighted by Gasteiger charge is 2.16. The molecule has 0 bridgehead atoms. The Kier molecular flexibility index (Phi) is 3.95. The first-order chi connectivity index (χ1) is 14.1. The summed E-state index contributed by atoms with van der Waals surface area (Å²) in [6.45, 7) is 3.49. The lowest BCUT2D eigenvalue weighted by Gasteiger charge is -2.09. The number of nitrogens with zero attached hydrogens (tertiary/aromatic N) is 6. The number of anilines is 3. The van der Waals surface area contributed by atoms with Crippen molar-refractivity contribution in [1.29, 1.82) is 0 Å². The fourth-order valence-corrected chi connectivity index (χ4v) is 3.62. The normalized spacial score (nSPS) is 13.9. The number of aromatic nitrogens is 6. The Labute approximate surface area is 167 Å². The fraction of sp³-hybridized carbons (Fsp3) is 0.238. The number of rotatable bonds is 3. The Hall–Kier alpha value is -3.86. The summed E-state index contributed by atoms with van der Waals surface area (Å²) in [7, 11) is 0. The van der Waals surface area contributed by atoms with Crippen LogP contribution in [0.5, 0.6) is 0 Å². The van der Waals surface area contributed by atoms with Crippen molar-refractivity contribution in [3.05, 3.63) is 54.0 Å². The number of aryl methyl sites for hydroxylation is 2. The van der Waals surface area contributed by atoms with E-state index in [0.717, 1.165) is 46.8 Å². The highest BCUT2D eigenvalue weighted by molar-refractivity contribution is 5.92. The van der Waals surface area contributed by atoms with Gasteiger partial charge in [-0.3, -0.25) is 4.68 Å². The van der Waals surface area contributed by atoms with Crippen LogP contribution >= 0.6 is 0 Å². The van der Waals surface area contributed by atoms with E-state index in [9.17, 15) is 0 Å². The molecule has 0 radical (unpaired) electrons. The van der Waals surface area contributed by atoms with Crippen molar-refractivity contribution in [1.82, 2.24) is 29.3 Å². The summed E-state index contributed by atoms with van der Waals surface area (Å²) in [5.41, 5.74) is 8.04. The number of nitrogen functional groups attached to an aromatic ring is 1. The molecule has 0 saturated carbocycles. The molecule has 1 aliphatic rings. The zero-order chi connectivity index (χ0) is 20.0. The number of terminal acetylenes is 1. The second-order valence-electron chi connectivity index (χ2n) is 7.20. The molecule has 5 heterocycles. The Morgan fingerprint density at radius 3 is 3.00 bits per heavy atom. The van der Waals surface area contributed by atoms with Gasteiger partial charge < -0.3 is 15.6 Å². The van der Waals surface area contributed by atoms with E-state index < -0.39 is 0 Å². The number of hydrogen-bond donors (Lipinski definition) is 2. The van der Waals surface area contributed by atoms with Crippen LogP contribution in [0.1, 0.15) is 30.1 Å². The molecular weight excluding hydrogens is 364 g/mol. The molecule has 8 nitrogen and oxygen atoms in total. The minimum absolute atomic E-state index is 0.109. The van der Waals surface area contributed by atoms with Crippen molar-refractivity contribution in [2.24, 2.45) is 0 Å². The Morgan fingerprint density at radius 1 is 1.24 bits per heavy atom. The molecule has 5 rings (SSSR count). The highest BCUT2D eigenvalue weighted by atomic mass is 15.3. The molecule has 1 aliphatic heterocycles. The molecule has 0 amide bonds. The van der Waals surface area contributed by atoms with E-state index in [2.05, 4.69) is 41.9 Å². The monoisotopic (exact) mass is 384 g/mol. The van der Waals surface area contributed by atoms with E-state index in [0.29, 0.717) is 18.2 Å². The summed E-state index contributed by atoms with van der Waals surface area (Å²) in [5.74, 6) is 5.48. The van der Waals surface area contributed by atoms with Gasteiger partial charge in [0.1, 0.15) is 17.5 Å². The van der Waals surface area contributed by atoms with E-state index in [1.54, 1.807) is 6.20 Å². The molecule has 29 heavy (non-hydrogen) atoms. The van der Waals surface area contributed by atoms with Gasteiger partial charge in [-0.2, -0.15) is 5.10 Å². The van der Waals surface area contributed by atoms with E-state index in [4.69, 9.17) is 12.2 Å². The second-order valence-corrected chi connectivity index (χ2v) is 7.20. The van der Waals surface area contributed by atoms with Gasteiger partial charge in [0.05, 0.1) is 18.2 Å².